The van der Waals surface area contributed by atoms with Crippen molar-refractivity contribution in [3.63, 3.8) is 0 Å². The molecule has 0 aliphatic carbocycles. The third kappa shape index (κ3) is 3.54. The highest BCUT2D eigenvalue weighted by Gasteiger charge is 2.12. The van der Waals surface area contributed by atoms with Gasteiger partial charge in [-0.3, -0.25) is 9.89 Å². The Bertz CT molecular complexity index is 539. The molecule has 1 atom stereocenters. The minimum Gasteiger partial charge on any atom is -0.497 e. The number of hydrogen-bond acceptors (Lipinski definition) is 4. The first-order chi connectivity index (χ1) is 9.19. The predicted octanol–water partition coefficient (Wildman–Crippen LogP) is 1.23. The number of amides is 1. The average molecular weight is 260 g/mol. The number of methoxy groups -OCH3 is 1. The molecule has 19 heavy (non-hydrogen) atoms. The minimum atomic E-state index is -0.194. The molecule has 1 unspecified atom stereocenters. The maximum atomic E-state index is 11.9. The van der Waals surface area contributed by atoms with E-state index in [0.717, 1.165) is 11.3 Å². The van der Waals surface area contributed by atoms with Gasteiger partial charge in [0.2, 0.25) is 5.91 Å². The molecule has 0 spiro atoms. The van der Waals surface area contributed by atoms with Gasteiger partial charge >= 0.3 is 0 Å². The van der Waals surface area contributed by atoms with Crippen molar-refractivity contribution in [2.75, 3.05) is 7.11 Å². The topological polar surface area (TPSA) is 79.9 Å². The summed E-state index contributed by atoms with van der Waals surface area (Å²) in [7, 11) is 1.60. The molecule has 0 bridgehead atoms. The van der Waals surface area contributed by atoms with Gasteiger partial charge in [-0.15, -0.1) is 0 Å². The fraction of sp³-hybridized carbons (Fsp3) is 0.308. The third-order valence-corrected chi connectivity index (χ3v) is 2.72. The summed E-state index contributed by atoms with van der Waals surface area (Å²) in [6, 6.07) is 7.25. The molecule has 1 heterocycles. The number of nitrogens with one attached hydrogen (secondary N) is 2. The lowest BCUT2D eigenvalue weighted by Gasteiger charge is -2.11. The number of H-pyrrole nitrogens is 1. The lowest BCUT2D eigenvalue weighted by Crippen LogP contribution is -2.28. The standard InChI is InChI=1S/C13H16N4O2/c1-9(13-14-8-15-17-13)16-12(18)7-10-4-3-5-11(6-10)19-2/h3-6,8-9H,7H2,1-2H3,(H,16,18)(H,14,15,17). The van der Waals surface area contributed by atoms with Crippen LogP contribution in [0.5, 0.6) is 5.75 Å². The number of aromatic amines is 1. The lowest BCUT2D eigenvalue weighted by molar-refractivity contribution is -0.121. The fourth-order valence-corrected chi connectivity index (χ4v) is 1.75. The third-order valence-electron chi connectivity index (χ3n) is 2.72. The van der Waals surface area contributed by atoms with E-state index in [2.05, 4.69) is 20.5 Å². The number of ether oxygens (including phenoxy) is 1. The Morgan fingerprint density at radius 1 is 1.53 bits per heavy atom. The van der Waals surface area contributed by atoms with Crippen LogP contribution in [0, 0.1) is 0 Å². The van der Waals surface area contributed by atoms with Gasteiger partial charge in [0, 0.05) is 0 Å². The van der Waals surface area contributed by atoms with Gasteiger partial charge in [-0.1, -0.05) is 12.1 Å². The average Bonchev–Trinajstić information content (AvgIpc) is 2.92. The lowest BCUT2D eigenvalue weighted by atomic mass is 10.1. The first kappa shape index (κ1) is 13.1. The minimum absolute atomic E-state index is 0.0721. The Labute approximate surface area is 111 Å². The van der Waals surface area contributed by atoms with Crippen molar-refractivity contribution >= 4 is 5.91 Å². The van der Waals surface area contributed by atoms with Crippen molar-refractivity contribution in [2.45, 2.75) is 19.4 Å². The van der Waals surface area contributed by atoms with Gasteiger partial charge < -0.3 is 10.1 Å². The summed E-state index contributed by atoms with van der Waals surface area (Å²) in [5, 5.41) is 9.34. The molecule has 2 rings (SSSR count). The van der Waals surface area contributed by atoms with E-state index in [1.165, 1.54) is 6.33 Å². The molecular weight excluding hydrogens is 244 g/mol. The Kier molecular flexibility index (Phi) is 4.12. The van der Waals surface area contributed by atoms with Crippen molar-refractivity contribution in [3.05, 3.63) is 42.0 Å². The Balaban J connectivity index is 1.93. The molecule has 2 aromatic rings. The van der Waals surface area contributed by atoms with Gasteiger partial charge in [0.1, 0.15) is 17.9 Å². The first-order valence-corrected chi connectivity index (χ1v) is 5.96. The van der Waals surface area contributed by atoms with Gasteiger partial charge in [-0.05, 0) is 24.6 Å². The van der Waals surface area contributed by atoms with Crippen LogP contribution >= 0.6 is 0 Å². The number of hydrogen-bond donors (Lipinski definition) is 2. The van der Waals surface area contributed by atoms with Crippen molar-refractivity contribution in [1.82, 2.24) is 20.5 Å². The van der Waals surface area contributed by atoms with Crippen molar-refractivity contribution in [2.24, 2.45) is 0 Å². The van der Waals surface area contributed by atoms with Crippen LogP contribution in [0.1, 0.15) is 24.4 Å². The van der Waals surface area contributed by atoms with Gasteiger partial charge in [0.25, 0.3) is 0 Å². The zero-order chi connectivity index (χ0) is 13.7. The number of rotatable bonds is 5. The molecule has 0 aliphatic rings. The van der Waals surface area contributed by atoms with E-state index in [1.807, 2.05) is 31.2 Å². The number of carbonyl (C=O) groups excluding carboxylic acids is 1. The summed E-state index contributed by atoms with van der Waals surface area (Å²) in [5.74, 6) is 1.31. The highest BCUT2D eigenvalue weighted by molar-refractivity contribution is 5.79. The normalized spacial score (nSPS) is 11.9. The molecule has 0 radical (unpaired) electrons. The van der Waals surface area contributed by atoms with E-state index in [9.17, 15) is 4.79 Å². The molecule has 2 N–H and O–H groups in total. The molecule has 0 saturated carbocycles. The summed E-state index contributed by atoms with van der Waals surface area (Å²) in [6.45, 7) is 1.85. The van der Waals surface area contributed by atoms with E-state index in [-0.39, 0.29) is 11.9 Å². The van der Waals surface area contributed by atoms with Gasteiger partial charge in [0.15, 0.2) is 0 Å². The number of nitrogens with zero attached hydrogens (tertiary/aromatic N) is 2. The monoisotopic (exact) mass is 260 g/mol. The molecule has 6 nitrogen and oxygen atoms in total. The first-order valence-electron chi connectivity index (χ1n) is 5.96. The van der Waals surface area contributed by atoms with E-state index in [1.54, 1.807) is 7.11 Å². The second-order valence-corrected chi connectivity index (χ2v) is 4.19. The van der Waals surface area contributed by atoms with E-state index < -0.39 is 0 Å². The molecule has 1 amide bonds. The highest BCUT2D eigenvalue weighted by atomic mass is 16.5. The van der Waals surface area contributed by atoms with E-state index in [0.29, 0.717) is 12.2 Å². The summed E-state index contributed by atoms with van der Waals surface area (Å²) >= 11 is 0. The zero-order valence-electron chi connectivity index (χ0n) is 10.9. The van der Waals surface area contributed by atoms with Crippen LogP contribution in [0.3, 0.4) is 0 Å². The van der Waals surface area contributed by atoms with Crippen molar-refractivity contribution in [3.8, 4) is 5.75 Å². The molecule has 0 fully saturated rings. The SMILES string of the molecule is COc1cccc(CC(=O)NC(C)c2ncn[nH]2)c1. The maximum absolute atomic E-state index is 11.9. The van der Waals surface area contributed by atoms with E-state index in [4.69, 9.17) is 4.74 Å². The Morgan fingerprint density at radius 2 is 2.37 bits per heavy atom. The molecular formula is C13H16N4O2. The molecule has 0 aliphatic heterocycles. The van der Waals surface area contributed by atoms with Crippen LogP contribution < -0.4 is 10.1 Å². The predicted molar refractivity (Wildman–Crippen MR) is 69.6 cm³/mol. The Morgan fingerprint density at radius 3 is 3.05 bits per heavy atom. The van der Waals surface area contributed by atoms with E-state index >= 15 is 0 Å². The smallest absolute Gasteiger partial charge is 0.225 e. The zero-order valence-corrected chi connectivity index (χ0v) is 10.9. The number of benzene rings is 1. The number of carbonyl (C=O) groups is 1. The van der Waals surface area contributed by atoms with Gasteiger partial charge in [-0.2, -0.15) is 5.10 Å². The summed E-state index contributed by atoms with van der Waals surface area (Å²) in [5.41, 5.74) is 0.904. The largest absolute Gasteiger partial charge is 0.497 e. The Hall–Kier alpha value is -2.37. The van der Waals surface area contributed by atoms with Crippen LogP contribution in [0.4, 0.5) is 0 Å². The van der Waals surface area contributed by atoms with Crippen LogP contribution in [0.25, 0.3) is 0 Å². The number of aromatic nitrogens is 3. The van der Waals surface area contributed by atoms with Gasteiger partial charge in [0.05, 0.1) is 19.6 Å². The molecule has 6 heteroatoms. The van der Waals surface area contributed by atoms with Crippen LogP contribution in [-0.4, -0.2) is 28.2 Å². The fourth-order valence-electron chi connectivity index (χ4n) is 1.75. The van der Waals surface area contributed by atoms with Crippen LogP contribution in [0.15, 0.2) is 30.6 Å². The second-order valence-electron chi connectivity index (χ2n) is 4.19. The van der Waals surface area contributed by atoms with Crippen LogP contribution in [-0.2, 0) is 11.2 Å². The summed E-state index contributed by atoms with van der Waals surface area (Å²) in [6.07, 6.45) is 1.72. The molecule has 0 saturated heterocycles. The maximum Gasteiger partial charge on any atom is 0.225 e. The second kappa shape index (κ2) is 5.99. The molecule has 100 valence electrons. The quantitative estimate of drug-likeness (QED) is 0.847. The van der Waals surface area contributed by atoms with Gasteiger partial charge in [-0.25, -0.2) is 4.98 Å². The highest BCUT2D eigenvalue weighted by Crippen LogP contribution is 2.13. The van der Waals surface area contributed by atoms with Crippen molar-refractivity contribution in [1.29, 1.82) is 0 Å². The van der Waals surface area contributed by atoms with Crippen molar-refractivity contribution < 1.29 is 9.53 Å². The van der Waals surface area contributed by atoms with Crippen LogP contribution in [0.2, 0.25) is 0 Å². The molecule has 1 aromatic carbocycles. The summed E-state index contributed by atoms with van der Waals surface area (Å²) in [4.78, 5) is 15.9. The summed E-state index contributed by atoms with van der Waals surface area (Å²) < 4.78 is 5.12. The molecule has 1 aromatic heterocycles.